The minimum atomic E-state index is -0.0549. The molecule has 0 fully saturated rings. The molecule has 0 aliphatic carbocycles. The molecular formula is C50H48N2OS+2. The lowest BCUT2D eigenvalue weighted by Gasteiger charge is -2.29. The number of rotatable bonds is 6. The van der Waals surface area contributed by atoms with E-state index < -0.39 is 0 Å². The van der Waals surface area contributed by atoms with Gasteiger partial charge in [0.25, 0.3) is 0 Å². The van der Waals surface area contributed by atoms with Gasteiger partial charge < -0.3 is 4.42 Å². The minimum Gasteiger partial charge on any atom is -0.455 e. The highest BCUT2D eigenvalue weighted by Crippen LogP contribution is 2.45. The Kier molecular flexibility index (Phi) is 8.24. The number of benzene rings is 4. The number of pyridine rings is 2. The molecule has 0 amide bonds. The summed E-state index contributed by atoms with van der Waals surface area (Å²) in [7, 11) is 2.21. The van der Waals surface area contributed by atoms with Crippen molar-refractivity contribution in [2.45, 2.75) is 71.8 Å². The van der Waals surface area contributed by atoms with Crippen molar-refractivity contribution in [1.29, 1.82) is 0 Å². The fraction of sp³-hybridized carbons (Fsp3) is 0.240. The van der Waals surface area contributed by atoms with Crippen molar-refractivity contribution in [3.05, 3.63) is 155 Å². The summed E-state index contributed by atoms with van der Waals surface area (Å²) in [6, 6.07) is 34.2. The van der Waals surface area contributed by atoms with Gasteiger partial charge in [0.15, 0.2) is 18.4 Å². The third kappa shape index (κ3) is 5.53. The van der Waals surface area contributed by atoms with Gasteiger partial charge >= 0.3 is 0 Å². The summed E-state index contributed by atoms with van der Waals surface area (Å²) in [6.07, 6.45) is 8.69. The van der Waals surface area contributed by atoms with E-state index in [-0.39, 0.29) is 17.4 Å². The molecule has 2 unspecified atom stereocenters. The number of aryl methyl sites for hydroxylation is 5. The standard InChI is InChI=1S/C50H48N2OS/c1-9-42-37(35-15-10-11-16-36(35)43-22-17-30(2)28-52(42)43)20-18-33-19-21-38-39-27-46-34(23-24-54-46)25-45(39)53-49(38)48(33)44-26-40(41(29-51(44)8)50(5,6)7)47-31(3)13-12-14-32(47)4/h9-17,19,21-29,37,42H,1,18,20H2,2-8H3/q+2. The number of hydrogen-bond acceptors (Lipinski definition) is 2. The van der Waals surface area contributed by atoms with Crippen LogP contribution < -0.4 is 9.13 Å². The van der Waals surface area contributed by atoms with Crippen molar-refractivity contribution < 1.29 is 13.6 Å². The molecule has 0 spiro atoms. The maximum absolute atomic E-state index is 7.02. The summed E-state index contributed by atoms with van der Waals surface area (Å²) in [6.45, 7) is 18.0. The van der Waals surface area contributed by atoms with Crippen molar-refractivity contribution in [2.24, 2.45) is 7.05 Å². The van der Waals surface area contributed by atoms with Gasteiger partial charge in [-0.1, -0.05) is 75.9 Å². The molecule has 54 heavy (non-hydrogen) atoms. The molecule has 4 aromatic carbocycles. The lowest BCUT2D eigenvalue weighted by molar-refractivity contribution is -0.707. The van der Waals surface area contributed by atoms with Crippen molar-refractivity contribution >= 4 is 43.4 Å². The maximum atomic E-state index is 7.02. The SMILES string of the molecule is C=CC1C(CCc2ccc3c(oc4cc5ccsc5cc43)c2-c2cc(-c3c(C)cccc3C)c(C(C)(C)C)c[n+]2C)c2ccccc2-c2ccc(C)c[n+]21. The molecule has 0 N–H and O–H groups in total. The Morgan fingerprint density at radius 1 is 0.796 bits per heavy atom. The van der Waals surface area contributed by atoms with Crippen molar-refractivity contribution in [3.8, 4) is 33.6 Å². The Morgan fingerprint density at radius 3 is 2.37 bits per heavy atom. The normalized spacial score (nSPS) is 15.5. The van der Waals surface area contributed by atoms with E-state index in [9.17, 15) is 0 Å². The molecule has 0 saturated heterocycles. The number of nitrogens with zero attached hydrogens (tertiary/aromatic N) is 2. The van der Waals surface area contributed by atoms with Gasteiger partial charge in [0.1, 0.15) is 18.2 Å². The van der Waals surface area contributed by atoms with Crippen LogP contribution in [0.1, 0.15) is 72.5 Å². The van der Waals surface area contributed by atoms with Gasteiger partial charge in [0, 0.05) is 44.3 Å². The molecule has 1 aliphatic rings. The zero-order valence-corrected chi connectivity index (χ0v) is 33.3. The maximum Gasteiger partial charge on any atom is 0.216 e. The Hall–Kier alpha value is -5.32. The predicted octanol–water partition coefficient (Wildman–Crippen LogP) is 12.6. The fourth-order valence-electron chi connectivity index (χ4n) is 9.22. The van der Waals surface area contributed by atoms with Crippen LogP contribution in [0.15, 0.2) is 126 Å². The average molecular weight is 725 g/mol. The molecule has 3 nitrogen and oxygen atoms in total. The van der Waals surface area contributed by atoms with Crippen molar-refractivity contribution in [3.63, 3.8) is 0 Å². The number of fused-ring (bicyclic) bond motifs is 7. The van der Waals surface area contributed by atoms with Crippen LogP contribution in [0.25, 0.3) is 65.7 Å². The van der Waals surface area contributed by atoms with Gasteiger partial charge in [0.05, 0.1) is 11.5 Å². The molecule has 1 aliphatic heterocycles. The van der Waals surface area contributed by atoms with Crippen LogP contribution in [0.3, 0.4) is 0 Å². The second-order valence-corrected chi connectivity index (χ2v) is 17.4. The molecule has 2 atom stereocenters. The summed E-state index contributed by atoms with van der Waals surface area (Å²) in [5.74, 6) is 0.270. The van der Waals surface area contributed by atoms with Crippen molar-refractivity contribution in [2.75, 3.05) is 0 Å². The fourth-order valence-corrected chi connectivity index (χ4v) is 10.0. The molecule has 0 radical (unpaired) electrons. The monoisotopic (exact) mass is 724 g/mol. The van der Waals surface area contributed by atoms with E-state index in [0.717, 1.165) is 24.0 Å². The molecule has 4 aromatic heterocycles. The van der Waals surface area contributed by atoms with Gasteiger partial charge in [-0.25, -0.2) is 4.57 Å². The van der Waals surface area contributed by atoms with Gasteiger partial charge in [-0.15, -0.1) is 11.3 Å². The summed E-state index contributed by atoms with van der Waals surface area (Å²) in [5.41, 5.74) is 17.3. The topological polar surface area (TPSA) is 20.9 Å². The van der Waals surface area contributed by atoms with E-state index in [4.69, 9.17) is 4.42 Å². The van der Waals surface area contributed by atoms with Gasteiger partial charge in [0.2, 0.25) is 11.4 Å². The van der Waals surface area contributed by atoms with Crippen LogP contribution >= 0.6 is 11.3 Å². The number of furan rings is 1. The molecule has 0 bridgehead atoms. The quantitative estimate of drug-likeness (QED) is 0.124. The van der Waals surface area contributed by atoms with Crippen molar-refractivity contribution in [1.82, 2.24) is 0 Å². The molecule has 268 valence electrons. The number of hydrogen-bond donors (Lipinski definition) is 0. The zero-order valence-electron chi connectivity index (χ0n) is 32.5. The molecule has 8 aromatic rings. The molecule has 5 heterocycles. The first-order valence-electron chi connectivity index (χ1n) is 19.2. The summed E-state index contributed by atoms with van der Waals surface area (Å²) in [4.78, 5) is 0. The molecule has 4 heteroatoms. The van der Waals surface area contributed by atoms with Gasteiger partial charge in [-0.3, -0.25) is 0 Å². The predicted molar refractivity (Wildman–Crippen MR) is 226 cm³/mol. The first-order valence-corrected chi connectivity index (χ1v) is 20.1. The summed E-state index contributed by atoms with van der Waals surface area (Å²) in [5, 5.41) is 5.73. The second-order valence-electron chi connectivity index (χ2n) is 16.5. The van der Waals surface area contributed by atoms with E-state index >= 15 is 0 Å². The second kappa shape index (κ2) is 12.9. The third-order valence-corrected chi connectivity index (χ3v) is 12.7. The van der Waals surface area contributed by atoms with E-state index in [0.29, 0.717) is 0 Å². The highest BCUT2D eigenvalue weighted by atomic mass is 32.1. The Bertz CT molecular complexity index is 2770. The first kappa shape index (κ1) is 34.4. The highest BCUT2D eigenvalue weighted by Gasteiger charge is 2.38. The number of allylic oxidation sites excluding steroid dienone is 1. The Balaban J connectivity index is 1.27. The molecule has 9 rings (SSSR count). The largest absolute Gasteiger partial charge is 0.455 e. The highest BCUT2D eigenvalue weighted by molar-refractivity contribution is 7.17. The zero-order chi connectivity index (χ0) is 37.5. The van der Waals surface area contributed by atoms with Crippen LogP contribution in [0.4, 0.5) is 0 Å². The summed E-state index contributed by atoms with van der Waals surface area (Å²) < 4.78 is 13.1. The van der Waals surface area contributed by atoms with Gasteiger partial charge in [-0.2, -0.15) is 4.57 Å². The molecule has 0 saturated carbocycles. The summed E-state index contributed by atoms with van der Waals surface area (Å²) >= 11 is 1.79. The smallest absolute Gasteiger partial charge is 0.216 e. The van der Waals surface area contributed by atoms with E-state index in [1.807, 2.05) is 0 Å². The average Bonchev–Trinajstić information content (AvgIpc) is 3.76. The lowest BCUT2D eigenvalue weighted by atomic mass is 9.78. The van der Waals surface area contributed by atoms with Crippen LogP contribution in [0.5, 0.6) is 0 Å². The number of aromatic nitrogens is 2. The Morgan fingerprint density at radius 2 is 1.59 bits per heavy atom. The van der Waals surface area contributed by atoms with Crippen LogP contribution in [-0.4, -0.2) is 0 Å². The third-order valence-electron chi connectivity index (χ3n) is 11.9. The minimum absolute atomic E-state index is 0.0549. The Labute approximate surface area is 322 Å². The first-order chi connectivity index (χ1) is 26.0. The van der Waals surface area contributed by atoms with E-state index in [1.54, 1.807) is 11.3 Å². The van der Waals surface area contributed by atoms with Crippen LogP contribution in [-0.2, 0) is 18.9 Å². The van der Waals surface area contributed by atoms with Gasteiger partial charge in [-0.05, 0) is 120 Å². The van der Waals surface area contributed by atoms with E-state index in [2.05, 4.69) is 179 Å². The van der Waals surface area contributed by atoms with Crippen LogP contribution in [0.2, 0.25) is 0 Å². The molecular weight excluding hydrogens is 677 g/mol. The van der Waals surface area contributed by atoms with Crippen LogP contribution in [0, 0.1) is 20.8 Å². The lowest BCUT2D eigenvalue weighted by Crippen LogP contribution is -2.46. The van der Waals surface area contributed by atoms with E-state index in [1.165, 1.54) is 87.9 Å². The number of thiophene rings is 1.